The zero-order valence-corrected chi connectivity index (χ0v) is 28.8. The van der Waals surface area contributed by atoms with E-state index in [0.29, 0.717) is 0 Å². The first kappa shape index (κ1) is 30.5. The predicted molar refractivity (Wildman–Crippen MR) is 213 cm³/mol. The highest BCUT2D eigenvalue weighted by atomic mass is 28.3. The Hall–Kier alpha value is -6.56. The van der Waals surface area contributed by atoms with Crippen LogP contribution in [0.3, 0.4) is 0 Å². The molecule has 4 heterocycles. The summed E-state index contributed by atoms with van der Waals surface area (Å²) in [7, 11) is -2.98. The molecule has 0 unspecified atom stereocenters. The average molecular weight is 669 g/mol. The van der Waals surface area contributed by atoms with Crippen molar-refractivity contribution in [2.45, 2.75) is 0 Å². The van der Waals surface area contributed by atoms with Crippen molar-refractivity contribution in [2.24, 2.45) is 0 Å². The number of rotatable bonds is 7. The third-order valence-electron chi connectivity index (χ3n) is 9.72. The van der Waals surface area contributed by atoms with Crippen LogP contribution in [0.4, 0.5) is 0 Å². The molecule has 9 rings (SSSR count). The van der Waals surface area contributed by atoms with Gasteiger partial charge in [-0.15, -0.1) is 0 Å². The number of nitrogens with zero attached hydrogens (tertiary/aromatic N) is 4. The molecule has 9 aromatic rings. The highest BCUT2D eigenvalue weighted by Crippen LogP contribution is 2.35. The van der Waals surface area contributed by atoms with Crippen LogP contribution < -0.4 is 20.7 Å². The van der Waals surface area contributed by atoms with Crippen molar-refractivity contribution in [3.05, 3.63) is 194 Å². The lowest BCUT2D eigenvalue weighted by Gasteiger charge is -2.35. The van der Waals surface area contributed by atoms with Gasteiger partial charge >= 0.3 is 0 Å². The van der Waals surface area contributed by atoms with Crippen LogP contribution in [-0.2, 0) is 0 Å². The number of benzene rings is 5. The molecular weight excluding hydrogens is 637 g/mol. The molecule has 0 aliphatic carbocycles. The van der Waals surface area contributed by atoms with E-state index in [9.17, 15) is 0 Å². The Morgan fingerprint density at radius 3 is 1.27 bits per heavy atom. The Morgan fingerprint density at radius 1 is 0.353 bits per heavy atom. The van der Waals surface area contributed by atoms with Crippen molar-refractivity contribution >= 4 is 50.6 Å². The quantitative estimate of drug-likeness (QED) is 0.0983. The molecule has 0 radical (unpaired) electrons. The van der Waals surface area contributed by atoms with E-state index in [1.54, 1.807) is 0 Å². The predicted octanol–water partition coefficient (Wildman–Crippen LogP) is 7.95. The molecule has 0 fully saturated rings. The lowest BCUT2D eigenvalue weighted by molar-refractivity contribution is 1.26. The molecule has 0 N–H and O–H groups in total. The molecule has 240 valence electrons. The first-order valence-corrected chi connectivity index (χ1v) is 19.1. The number of aromatic nitrogens is 4. The van der Waals surface area contributed by atoms with Crippen LogP contribution in [0.2, 0.25) is 0 Å². The summed E-state index contributed by atoms with van der Waals surface area (Å²) in [5.74, 6) is 0. The summed E-state index contributed by atoms with van der Waals surface area (Å²) >= 11 is 0. The van der Waals surface area contributed by atoms with Gasteiger partial charge in [0.1, 0.15) is 0 Å². The number of hydrogen-bond acceptors (Lipinski definition) is 4. The molecular formula is C46H32N4Si. The summed E-state index contributed by atoms with van der Waals surface area (Å²) in [5, 5.41) is 7.24. The normalized spacial score (nSPS) is 11.5. The maximum atomic E-state index is 5.48. The van der Waals surface area contributed by atoms with Crippen LogP contribution in [0.25, 0.3) is 55.7 Å². The summed E-state index contributed by atoms with van der Waals surface area (Å²) in [6, 6.07) is 64.5. The molecule has 5 aromatic carbocycles. The Bertz CT molecular complexity index is 2500. The lowest BCUT2D eigenvalue weighted by Crippen LogP contribution is -2.75. The minimum absolute atomic E-state index is 0.804. The maximum Gasteiger partial charge on any atom is 0.180 e. The first-order chi connectivity index (χ1) is 25.3. The van der Waals surface area contributed by atoms with Crippen LogP contribution in [0, 0.1) is 0 Å². The van der Waals surface area contributed by atoms with E-state index in [-0.39, 0.29) is 0 Å². The molecule has 0 spiro atoms. The Morgan fingerprint density at radius 2 is 0.784 bits per heavy atom. The molecule has 4 nitrogen and oxygen atoms in total. The molecule has 0 bridgehead atoms. The minimum atomic E-state index is -2.98. The molecule has 0 saturated heterocycles. The Balaban J connectivity index is 1.49. The Kier molecular flexibility index (Phi) is 7.80. The van der Waals surface area contributed by atoms with E-state index >= 15 is 0 Å². The topological polar surface area (TPSA) is 51.6 Å². The Labute approximate surface area is 297 Å². The monoisotopic (exact) mass is 668 g/mol. The molecule has 0 amide bonds. The summed E-state index contributed by atoms with van der Waals surface area (Å²) in [4.78, 5) is 20.4. The van der Waals surface area contributed by atoms with Gasteiger partial charge in [-0.05, 0) is 68.3 Å². The van der Waals surface area contributed by atoms with Crippen LogP contribution >= 0.6 is 0 Å². The number of fused-ring (bicyclic) bond motifs is 3. The second-order valence-corrected chi connectivity index (χ2v) is 16.4. The highest BCUT2D eigenvalue weighted by molar-refractivity contribution is 7.20. The van der Waals surface area contributed by atoms with E-state index in [1.165, 1.54) is 20.7 Å². The van der Waals surface area contributed by atoms with E-state index in [4.69, 9.17) is 19.9 Å². The second kappa shape index (κ2) is 13.0. The summed E-state index contributed by atoms with van der Waals surface area (Å²) in [6.07, 6.45) is 3.66. The highest BCUT2D eigenvalue weighted by Gasteiger charge is 2.43. The molecule has 51 heavy (non-hydrogen) atoms. The third kappa shape index (κ3) is 5.32. The zero-order valence-electron chi connectivity index (χ0n) is 27.8. The molecule has 0 saturated carbocycles. The maximum absolute atomic E-state index is 5.48. The van der Waals surface area contributed by atoms with Gasteiger partial charge in [0.25, 0.3) is 0 Å². The minimum Gasteiger partial charge on any atom is -0.255 e. The van der Waals surface area contributed by atoms with Crippen molar-refractivity contribution in [3.63, 3.8) is 0 Å². The van der Waals surface area contributed by atoms with Gasteiger partial charge < -0.3 is 0 Å². The van der Waals surface area contributed by atoms with E-state index in [2.05, 4.69) is 146 Å². The molecule has 0 aliphatic heterocycles. The summed E-state index contributed by atoms with van der Waals surface area (Å²) in [6.45, 7) is 0. The standard InChI is InChI=1S/C46H32N4Si/c1-5-17-33(18-6-1)39-31-42(40-25-13-15-29-47-40)49-45-37(39)27-28-38-44(32-43(50-46(38)45)41-26-14-16-30-48-41)51(34-19-7-2-8-20-34,35-21-9-3-10-22-35)36-23-11-4-12-24-36/h1-32H. The van der Waals surface area contributed by atoms with Gasteiger partial charge in [-0.1, -0.05) is 146 Å². The van der Waals surface area contributed by atoms with Gasteiger partial charge in [-0.2, -0.15) is 0 Å². The van der Waals surface area contributed by atoms with Gasteiger partial charge in [0, 0.05) is 23.2 Å². The third-order valence-corrected chi connectivity index (χ3v) is 14.5. The van der Waals surface area contributed by atoms with Crippen molar-refractivity contribution in [1.82, 2.24) is 19.9 Å². The van der Waals surface area contributed by atoms with E-state index in [0.717, 1.165) is 55.7 Å². The number of pyridine rings is 4. The van der Waals surface area contributed by atoms with Gasteiger partial charge in [0.2, 0.25) is 0 Å². The zero-order chi connectivity index (χ0) is 34.0. The summed E-state index contributed by atoms with van der Waals surface area (Å²) < 4.78 is 0. The van der Waals surface area contributed by atoms with Gasteiger partial charge in [-0.25, -0.2) is 9.97 Å². The largest absolute Gasteiger partial charge is 0.255 e. The van der Waals surface area contributed by atoms with Crippen LogP contribution in [0.5, 0.6) is 0 Å². The van der Waals surface area contributed by atoms with Crippen LogP contribution in [0.15, 0.2) is 194 Å². The molecule has 0 atom stereocenters. The first-order valence-electron chi connectivity index (χ1n) is 17.1. The molecule has 5 heteroatoms. The van der Waals surface area contributed by atoms with Crippen molar-refractivity contribution in [2.75, 3.05) is 0 Å². The van der Waals surface area contributed by atoms with Gasteiger partial charge in [0.05, 0.1) is 33.8 Å². The fourth-order valence-corrected chi connectivity index (χ4v) is 12.4. The molecule has 4 aromatic heterocycles. The van der Waals surface area contributed by atoms with Gasteiger partial charge in [0.15, 0.2) is 8.07 Å². The lowest BCUT2D eigenvalue weighted by atomic mass is 9.98. The summed E-state index contributed by atoms with van der Waals surface area (Å²) in [5.41, 5.74) is 7.15. The molecule has 0 aliphatic rings. The van der Waals surface area contributed by atoms with E-state index < -0.39 is 8.07 Å². The van der Waals surface area contributed by atoms with E-state index in [1.807, 2.05) is 48.8 Å². The fraction of sp³-hybridized carbons (Fsp3) is 0. The average Bonchev–Trinajstić information content (AvgIpc) is 3.22. The van der Waals surface area contributed by atoms with Gasteiger partial charge in [-0.3, -0.25) is 9.97 Å². The smallest absolute Gasteiger partial charge is 0.180 e. The second-order valence-electron chi connectivity index (χ2n) is 12.6. The fourth-order valence-electron chi connectivity index (χ4n) is 7.46. The van der Waals surface area contributed by atoms with Crippen molar-refractivity contribution in [1.29, 1.82) is 0 Å². The SMILES string of the molecule is c1ccc(-c2cc(-c3ccccn3)nc3c2ccc2c([Si](c4ccccc4)(c4ccccc4)c4ccccc4)cc(-c4ccccn4)nc23)cc1. The van der Waals surface area contributed by atoms with Crippen molar-refractivity contribution in [3.8, 4) is 33.9 Å². The number of hydrogen-bond donors (Lipinski definition) is 0. The van der Waals surface area contributed by atoms with Crippen molar-refractivity contribution < 1.29 is 0 Å². The van der Waals surface area contributed by atoms with Crippen LogP contribution in [0.1, 0.15) is 0 Å². The van der Waals surface area contributed by atoms with Crippen LogP contribution in [-0.4, -0.2) is 28.0 Å².